The minimum absolute atomic E-state index is 0.0926. The van der Waals surface area contributed by atoms with Gasteiger partial charge in [0, 0.05) is 5.02 Å². The maximum Gasteiger partial charge on any atom is 0.266 e. The fourth-order valence-electron chi connectivity index (χ4n) is 3.05. The lowest BCUT2D eigenvalue weighted by molar-refractivity contribution is 0.942. The predicted molar refractivity (Wildman–Crippen MR) is 112 cm³/mol. The average molecular weight is 373 g/mol. The number of hydrogen-bond donors (Lipinski definition) is 0. The Bertz CT molecular complexity index is 1220. The number of rotatable bonds is 3. The third kappa shape index (κ3) is 3.42. The number of aromatic nitrogens is 2. The first-order valence-corrected chi connectivity index (χ1v) is 9.03. The van der Waals surface area contributed by atoms with Crippen LogP contribution in [0.5, 0.6) is 0 Å². The average Bonchev–Trinajstić information content (AvgIpc) is 2.67. The highest BCUT2D eigenvalue weighted by Gasteiger charge is 2.11. The summed E-state index contributed by atoms with van der Waals surface area (Å²) in [7, 11) is 0. The summed E-state index contributed by atoms with van der Waals surface area (Å²) in [6.07, 6.45) is 3.71. The van der Waals surface area contributed by atoms with Crippen molar-refractivity contribution in [3.05, 3.63) is 105 Å². The molecule has 27 heavy (non-hydrogen) atoms. The second kappa shape index (κ2) is 7.22. The molecular formula is C23H17ClN2O. The highest BCUT2D eigenvalue weighted by molar-refractivity contribution is 6.32. The van der Waals surface area contributed by atoms with Gasteiger partial charge < -0.3 is 0 Å². The number of para-hydroxylation sites is 1. The molecule has 0 radical (unpaired) electrons. The summed E-state index contributed by atoms with van der Waals surface area (Å²) in [5.74, 6) is 0.559. The summed E-state index contributed by atoms with van der Waals surface area (Å²) >= 11 is 6.25. The van der Waals surface area contributed by atoms with Crippen molar-refractivity contribution >= 4 is 34.7 Å². The topological polar surface area (TPSA) is 34.9 Å². The van der Waals surface area contributed by atoms with Crippen LogP contribution >= 0.6 is 11.6 Å². The second-order valence-electron chi connectivity index (χ2n) is 6.32. The smallest absolute Gasteiger partial charge is 0.266 e. The van der Waals surface area contributed by atoms with Crippen LogP contribution in [0.1, 0.15) is 17.0 Å². The molecule has 0 aliphatic heterocycles. The number of aryl methyl sites for hydroxylation is 1. The van der Waals surface area contributed by atoms with Crippen LogP contribution < -0.4 is 5.56 Å². The van der Waals surface area contributed by atoms with Gasteiger partial charge in [-0.2, -0.15) is 0 Å². The van der Waals surface area contributed by atoms with E-state index in [1.165, 1.54) is 0 Å². The van der Waals surface area contributed by atoms with E-state index in [1.807, 2.05) is 85.8 Å². The van der Waals surface area contributed by atoms with Gasteiger partial charge in [0.05, 0.1) is 16.6 Å². The number of halogens is 1. The van der Waals surface area contributed by atoms with Crippen LogP contribution in [-0.2, 0) is 0 Å². The molecule has 0 aliphatic rings. The Balaban J connectivity index is 1.97. The van der Waals surface area contributed by atoms with Gasteiger partial charge in [-0.25, -0.2) is 4.98 Å². The predicted octanol–water partition coefficient (Wildman–Crippen LogP) is 5.52. The Morgan fingerprint density at radius 2 is 1.70 bits per heavy atom. The molecule has 3 aromatic carbocycles. The summed E-state index contributed by atoms with van der Waals surface area (Å²) in [6, 6.07) is 22.8. The first kappa shape index (κ1) is 17.3. The van der Waals surface area contributed by atoms with E-state index < -0.39 is 0 Å². The van der Waals surface area contributed by atoms with Gasteiger partial charge in [-0.1, -0.05) is 54.1 Å². The van der Waals surface area contributed by atoms with Gasteiger partial charge >= 0.3 is 0 Å². The SMILES string of the molecule is Cc1cccc(-n2c(/C=C\c3ccccc3Cl)nc3ccccc3c2=O)c1. The van der Waals surface area contributed by atoms with Crippen LogP contribution in [0.2, 0.25) is 5.02 Å². The second-order valence-corrected chi connectivity index (χ2v) is 6.73. The van der Waals surface area contributed by atoms with Crippen LogP contribution in [0, 0.1) is 6.92 Å². The molecule has 0 unspecified atom stereocenters. The first-order chi connectivity index (χ1) is 13.1. The zero-order valence-electron chi connectivity index (χ0n) is 14.8. The Morgan fingerprint density at radius 1 is 0.926 bits per heavy atom. The normalized spacial score (nSPS) is 11.3. The monoisotopic (exact) mass is 372 g/mol. The highest BCUT2D eigenvalue weighted by Crippen LogP contribution is 2.19. The molecule has 0 saturated carbocycles. The fraction of sp³-hybridized carbons (Fsp3) is 0.0435. The summed E-state index contributed by atoms with van der Waals surface area (Å²) in [5, 5.41) is 1.24. The van der Waals surface area contributed by atoms with Crippen molar-refractivity contribution in [1.29, 1.82) is 0 Å². The molecule has 0 fully saturated rings. The number of hydrogen-bond acceptors (Lipinski definition) is 2. The highest BCUT2D eigenvalue weighted by atomic mass is 35.5. The third-order valence-corrected chi connectivity index (χ3v) is 4.72. The molecule has 0 amide bonds. The Kier molecular flexibility index (Phi) is 4.61. The molecular weight excluding hydrogens is 356 g/mol. The van der Waals surface area contributed by atoms with Crippen LogP contribution in [0.15, 0.2) is 77.6 Å². The minimum Gasteiger partial charge on any atom is -0.268 e. The molecule has 1 aromatic heterocycles. The zero-order chi connectivity index (χ0) is 18.8. The van der Waals surface area contributed by atoms with Crippen LogP contribution in [-0.4, -0.2) is 9.55 Å². The lowest BCUT2D eigenvalue weighted by Gasteiger charge is -2.12. The van der Waals surface area contributed by atoms with E-state index in [1.54, 1.807) is 10.6 Å². The van der Waals surface area contributed by atoms with Gasteiger partial charge in [0.15, 0.2) is 0 Å². The zero-order valence-corrected chi connectivity index (χ0v) is 15.5. The lowest BCUT2D eigenvalue weighted by Crippen LogP contribution is -2.22. The van der Waals surface area contributed by atoms with Gasteiger partial charge in [0.25, 0.3) is 5.56 Å². The van der Waals surface area contributed by atoms with E-state index >= 15 is 0 Å². The molecule has 0 saturated heterocycles. The molecule has 132 valence electrons. The molecule has 0 N–H and O–H groups in total. The minimum atomic E-state index is -0.0926. The molecule has 1 heterocycles. The molecule has 0 spiro atoms. The summed E-state index contributed by atoms with van der Waals surface area (Å²) in [5.41, 5.74) is 3.32. The molecule has 4 rings (SSSR count). The van der Waals surface area contributed by atoms with Gasteiger partial charge in [-0.3, -0.25) is 9.36 Å². The number of fused-ring (bicyclic) bond motifs is 1. The van der Waals surface area contributed by atoms with Gasteiger partial charge in [0.2, 0.25) is 0 Å². The molecule has 3 nitrogen and oxygen atoms in total. The van der Waals surface area contributed by atoms with Crippen molar-refractivity contribution in [2.45, 2.75) is 6.92 Å². The van der Waals surface area contributed by atoms with Gasteiger partial charge in [-0.05, 0) is 60.5 Å². The standard InChI is InChI=1S/C23H17ClN2O/c1-16-7-6-9-18(15-16)26-22(14-13-17-8-2-4-11-20(17)24)25-21-12-5-3-10-19(21)23(26)27/h2-15H,1H3/b14-13-. The first-order valence-electron chi connectivity index (χ1n) is 8.65. The number of nitrogens with zero attached hydrogens (tertiary/aromatic N) is 2. The van der Waals surface area contributed by atoms with Crippen molar-refractivity contribution < 1.29 is 0 Å². The molecule has 4 aromatic rings. The Morgan fingerprint density at radius 3 is 2.52 bits per heavy atom. The van der Waals surface area contributed by atoms with Gasteiger partial charge in [0.1, 0.15) is 5.82 Å². The third-order valence-electron chi connectivity index (χ3n) is 4.38. The van der Waals surface area contributed by atoms with E-state index in [2.05, 4.69) is 0 Å². The molecule has 4 heteroatoms. The van der Waals surface area contributed by atoms with Crippen LogP contribution in [0.4, 0.5) is 0 Å². The van der Waals surface area contributed by atoms with Crippen LogP contribution in [0.25, 0.3) is 28.7 Å². The lowest BCUT2D eigenvalue weighted by atomic mass is 10.2. The largest absolute Gasteiger partial charge is 0.268 e. The van der Waals surface area contributed by atoms with Crippen molar-refractivity contribution in [2.75, 3.05) is 0 Å². The molecule has 0 atom stereocenters. The molecule has 0 aliphatic carbocycles. The van der Waals surface area contributed by atoms with Gasteiger partial charge in [-0.15, -0.1) is 0 Å². The summed E-state index contributed by atoms with van der Waals surface area (Å²) in [4.78, 5) is 17.9. The quantitative estimate of drug-likeness (QED) is 0.474. The van der Waals surface area contributed by atoms with Crippen molar-refractivity contribution in [1.82, 2.24) is 9.55 Å². The Labute approximate surface area is 162 Å². The van der Waals surface area contributed by atoms with E-state index in [4.69, 9.17) is 16.6 Å². The van der Waals surface area contributed by atoms with E-state index in [-0.39, 0.29) is 5.56 Å². The maximum absolute atomic E-state index is 13.2. The summed E-state index contributed by atoms with van der Waals surface area (Å²) < 4.78 is 1.64. The molecule has 0 bridgehead atoms. The van der Waals surface area contributed by atoms with E-state index in [9.17, 15) is 4.79 Å². The van der Waals surface area contributed by atoms with Crippen molar-refractivity contribution in [3.63, 3.8) is 0 Å². The van der Waals surface area contributed by atoms with Crippen LogP contribution in [0.3, 0.4) is 0 Å². The van der Waals surface area contributed by atoms with Crippen molar-refractivity contribution in [3.8, 4) is 5.69 Å². The fourth-order valence-corrected chi connectivity index (χ4v) is 3.25. The maximum atomic E-state index is 13.2. The number of benzene rings is 3. The summed E-state index contributed by atoms with van der Waals surface area (Å²) in [6.45, 7) is 2.00. The van der Waals surface area contributed by atoms with E-state index in [0.717, 1.165) is 16.8 Å². The Hall–Kier alpha value is -3.17. The van der Waals surface area contributed by atoms with E-state index in [0.29, 0.717) is 21.7 Å². The van der Waals surface area contributed by atoms with Crippen molar-refractivity contribution in [2.24, 2.45) is 0 Å².